The SMILES string of the molecule is O=C(NCc1ccsc1)C(=O)NCC1CCN(S(=O)(=O)c2cccnc2)CC1. The van der Waals surface area contributed by atoms with Gasteiger partial charge in [-0.25, -0.2) is 8.42 Å². The Balaban J connectivity index is 1.42. The average Bonchev–Trinajstić information content (AvgIpc) is 3.25. The van der Waals surface area contributed by atoms with E-state index in [4.69, 9.17) is 0 Å². The van der Waals surface area contributed by atoms with Crippen molar-refractivity contribution in [2.24, 2.45) is 5.92 Å². The molecule has 2 amide bonds. The van der Waals surface area contributed by atoms with Crippen LogP contribution in [0, 0.1) is 5.92 Å². The highest BCUT2D eigenvalue weighted by molar-refractivity contribution is 7.89. The standard InChI is InChI=1S/C18H22N4O4S2/c23-17(18(24)21-11-15-5-9-27-13-15)20-10-14-3-7-22(8-4-14)28(25,26)16-2-1-6-19-12-16/h1-2,5-6,9,12-14H,3-4,7-8,10-11H2,(H,20,23)(H,21,24). The van der Waals surface area contributed by atoms with Gasteiger partial charge in [0.1, 0.15) is 4.90 Å². The second kappa shape index (κ2) is 9.26. The molecule has 0 bridgehead atoms. The topological polar surface area (TPSA) is 108 Å². The van der Waals surface area contributed by atoms with Crippen LogP contribution in [0.4, 0.5) is 0 Å². The average molecular weight is 423 g/mol. The smallest absolute Gasteiger partial charge is 0.309 e. The van der Waals surface area contributed by atoms with E-state index >= 15 is 0 Å². The second-order valence-electron chi connectivity index (χ2n) is 6.56. The molecule has 10 heteroatoms. The number of piperidine rings is 1. The van der Waals surface area contributed by atoms with Gasteiger partial charge in [-0.15, -0.1) is 0 Å². The molecule has 2 N–H and O–H groups in total. The summed E-state index contributed by atoms with van der Waals surface area (Å²) in [5, 5.41) is 9.03. The molecule has 8 nitrogen and oxygen atoms in total. The van der Waals surface area contributed by atoms with E-state index in [1.807, 2.05) is 16.8 Å². The van der Waals surface area contributed by atoms with Crippen LogP contribution in [-0.4, -0.2) is 49.2 Å². The summed E-state index contributed by atoms with van der Waals surface area (Å²) in [5.41, 5.74) is 0.952. The van der Waals surface area contributed by atoms with Crippen LogP contribution < -0.4 is 10.6 Å². The third-order valence-electron chi connectivity index (χ3n) is 4.64. The van der Waals surface area contributed by atoms with Gasteiger partial charge in [-0.3, -0.25) is 14.6 Å². The lowest BCUT2D eigenvalue weighted by atomic mass is 9.98. The number of hydrogen-bond donors (Lipinski definition) is 2. The molecule has 2 aromatic heterocycles. The van der Waals surface area contributed by atoms with Gasteiger partial charge in [0.05, 0.1) is 0 Å². The van der Waals surface area contributed by atoms with Crippen molar-refractivity contribution in [3.63, 3.8) is 0 Å². The number of pyridine rings is 1. The first kappa shape index (κ1) is 20.4. The first-order valence-electron chi connectivity index (χ1n) is 8.94. The van der Waals surface area contributed by atoms with Crippen LogP contribution in [0.25, 0.3) is 0 Å². The van der Waals surface area contributed by atoms with Gasteiger partial charge in [0.15, 0.2) is 0 Å². The number of thiophene rings is 1. The molecule has 1 saturated heterocycles. The molecule has 28 heavy (non-hydrogen) atoms. The molecular weight excluding hydrogens is 400 g/mol. The summed E-state index contributed by atoms with van der Waals surface area (Å²) in [6, 6.07) is 5.01. The molecule has 0 aromatic carbocycles. The zero-order chi connectivity index (χ0) is 20.0. The van der Waals surface area contributed by atoms with Crippen LogP contribution in [0.1, 0.15) is 18.4 Å². The van der Waals surface area contributed by atoms with Crippen molar-refractivity contribution < 1.29 is 18.0 Å². The van der Waals surface area contributed by atoms with E-state index in [0.717, 1.165) is 5.56 Å². The number of rotatable bonds is 6. The lowest BCUT2D eigenvalue weighted by molar-refractivity contribution is -0.139. The van der Waals surface area contributed by atoms with Gasteiger partial charge >= 0.3 is 11.8 Å². The van der Waals surface area contributed by atoms with E-state index < -0.39 is 21.8 Å². The Kier molecular flexibility index (Phi) is 6.76. The van der Waals surface area contributed by atoms with Gasteiger partial charge in [-0.2, -0.15) is 15.6 Å². The Labute approximate surface area is 168 Å². The predicted molar refractivity (Wildman–Crippen MR) is 105 cm³/mol. The Bertz CT molecular complexity index is 893. The summed E-state index contributed by atoms with van der Waals surface area (Å²) >= 11 is 1.53. The van der Waals surface area contributed by atoms with E-state index in [1.165, 1.54) is 34.1 Å². The predicted octanol–water partition coefficient (Wildman–Crippen LogP) is 0.976. The van der Waals surface area contributed by atoms with Crippen LogP contribution in [0.3, 0.4) is 0 Å². The number of hydrogen-bond acceptors (Lipinski definition) is 6. The Hall–Kier alpha value is -2.30. The van der Waals surface area contributed by atoms with Crippen molar-refractivity contribution in [1.29, 1.82) is 0 Å². The summed E-state index contributed by atoms with van der Waals surface area (Å²) < 4.78 is 26.6. The zero-order valence-electron chi connectivity index (χ0n) is 15.2. The lowest BCUT2D eigenvalue weighted by Crippen LogP contribution is -2.44. The van der Waals surface area contributed by atoms with Crippen molar-refractivity contribution in [3.8, 4) is 0 Å². The summed E-state index contributed by atoms with van der Waals surface area (Å²) in [4.78, 5) is 27.8. The van der Waals surface area contributed by atoms with Crippen LogP contribution in [0.2, 0.25) is 0 Å². The van der Waals surface area contributed by atoms with Crippen molar-refractivity contribution >= 4 is 33.2 Å². The minimum absolute atomic E-state index is 0.133. The number of amides is 2. The maximum absolute atomic E-state index is 12.6. The van der Waals surface area contributed by atoms with Crippen LogP contribution in [0.15, 0.2) is 46.2 Å². The lowest BCUT2D eigenvalue weighted by Gasteiger charge is -2.31. The van der Waals surface area contributed by atoms with Gasteiger partial charge in [-0.05, 0) is 53.3 Å². The third-order valence-corrected chi connectivity index (χ3v) is 7.25. The van der Waals surface area contributed by atoms with E-state index in [9.17, 15) is 18.0 Å². The minimum atomic E-state index is -3.54. The van der Waals surface area contributed by atoms with Crippen molar-refractivity contribution in [3.05, 3.63) is 46.9 Å². The number of aromatic nitrogens is 1. The van der Waals surface area contributed by atoms with Gasteiger partial charge in [0.2, 0.25) is 10.0 Å². The highest BCUT2D eigenvalue weighted by Gasteiger charge is 2.29. The maximum atomic E-state index is 12.6. The molecule has 2 aromatic rings. The molecule has 0 atom stereocenters. The number of nitrogens with zero attached hydrogens (tertiary/aromatic N) is 2. The Morgan fingerprint density at radius 3 is 2.57 bits per heavy atom. The molecule has 150 valence electrons. The summed E-state index contributed by atoms with van der Waals surface area (Å²) in [5.74, 6) is -1.20. The third kappa shape index (κ3) is 5.15. The summed E-state index contributed by atoms with van der Waals surface area (Å²) in [6.45, 7) is 1.43. The van der Waals surface area contributed by atoms with E-state index in [2.05, 4.69) is 15.6 Å². The largest absolute Gasteiger partial charge is 0.348 e. The van der Waals surface area contributed by atoms with Crippen molar-refractivity contribution in [1.82, 2.24) is 19.9 Å². The molecule has 1 aliphatic heterocycles. The molecule has 1 fully saturated rings. The monoisotopic (exact) mass is 422 g/mol. The highest BCUT2D eigenvalue weighted by Crippen LogP contribution is 2.22. The molecule has 3 rings (SSSR count). The van der Waals surface area contributed by atoms with Crippen molar-refractivity contribution in [2.45, 2.75) is 24.3 Å². The van der Waals surface area contributed by atoms with Crippen LogP contribution in [0.5, 0.6) is 0 Å². The molecule has 0 radical (unpaired) electrons. The first-order chi connectivity index (χ1) is 13.5. The molecule has 0 unspecified atom stereocenters. The molecule has 0 aliphatic carbocycles. The van der Waals surface area contributed by atoms with E-state index in [1.54, 1.807) is 6.07 Å². The number of carbonyl (C=O) groups is 2. The molecular formula is C18H22N4O4S2. The Morgan fingerprint density at radius 1 is 1.18 bits per heavy atom. The van der Waals surface area contributed by atoms with Crippen LogP contribution in [-0.2, 0) is 26.2 Å². The molecule has 3 heterocycles. The van der Waals surface area contributed by atoms with E-state index in [0.29, 0.717) is 39.0 Å². The molecule has 1 aliphatic rings. The van der Waals surface area contributed by atoms with Gasteiger partial charge < -0.3 is 10.6 Å². The highest BCUT2D eigenvalue weighted by atomic mass is 32.2. The maximum Gasteiger partial charge on any atom is 0.309 e. The molecule has 0 saturated carbocycles. The normalized spacial score (nSPS) is 15.9. The van der Waals surface area contributed by atoms with Crippen LogP contribution >= 0.6 is 11.3 Å². The summed E-state index contributed by atoms with van der Waals surface area (Å²) in [7, 11) is -3.54. The zero-order valence-corrected chi connectivity index (χ0v) is 16.8. The number of nitrogens with one attached hydrogen (secondary N) is 2. The Morgan fingerprint density at radius 2 is 1.93 bits per heavy atom. The van der Waals surface area contributed by atoms with Gasteiger partial charge in [-0.1, -0.05) is 0 Å². The second-order valence-corrected chi connectivity index (χ2v) is 9.28. The number of carbonyl (C=O) groups excluding carboxylic acids is 2. The summed E-state index contributed by atoms with van der Waals surface area (Å²) in [6.07, 6.45) is 4.12. The minimum Gasteiger partial charge on any atom is -0.348 e. The quantitative estimate of drug-likeness (QED) is 0.675. The van der Waals surface area contributed by atoms with Crippen molar-refractivity contribution in [2.75, 3.05) is 19.6 Å². The van der Waals surface area contributed by atoms with Gasteiger partial charge in [0.25, 0.3) is 0 Å². The fourth-order valence-electron chi connectivity index (χ4n) is 2.98. The van der Waals surface area contributed by atoms with E-state index in [-0.39, 0.29) is 10.8 Å². The fraction of sp³-hybridized carbons (Fsp3) is 0.389. The molecule has 0 spiro atoms. The van der Waals surface area contributed by atoms with Gasteiger partial charge in [0, 0.05) is 38.6 Å². The first-order valence-corrected chi connectivity index (χ1v) is 11.3. The fourth-order valence-corrected chi connectivity index (χ4v) is 5.08. The number of sulfonamides is 1.